The number of amides is 1. The Labute approximate surface area is 113 Å². The molecule has 0 radical (unpaired) electrons. The summed E-state index contributed by atoms with van der Waals surface area (Å²) in [6.07, 6.45) is 6.97. The second kappa shape index (κ2) is 4.37. The fraction of sp³-hybridized carbons (Fsp3) is 0.667. The molecule has 102 valence electrons. The van der Waals surface area contributed by atoms with Crippen LogP contribution in [0.2, 0.25) is 0 Å². The number of hydrogen-bond donors (Lipinski definition) is 1. The fourth-order valence-corrected chi connectivity index (χ4v) is 3.80. The van der Waals surface area contributed by atoms with E-state index >= 15 is 0 Å². The number of carbonyl (C=O) groups is 1. The first-order valence-electron chi connectivity index (χ1n) is 7.51. The highest BCUT2D eigenvalue weighted by atomic mass is 16.2. The van der Waals surface area contributed by atoms with E-state index < -0.39 is 0 Å². The van der Waals surface area contributed by atoms with Gasteiger partial charge >= 0.3 is 0 Å². The summed E-state index contributed by atoms with van der Waals surface area (Å²) in [4.78, 5) is 20.3. The molecule has 0 spiro atoms. The van der Waals surface area contributed by atoms with Crippen molar-refractivity contribution in [1.82, 2.24) is 14.8 Å². The van der Waals surface area contributed by atoms with Crippen molar-refractivity contribution < 1.29 is 4.79 Å². The van der Waals surface area contributed by atoms with Crippen LogP contribution in [0.1, 0.15) is 36.2 Å². The Bertz CT molecular complexity index is 466. The monoisotopic (exact) mass is 259 g/mol. The van der Waals surface area contributed by atoms with Gasteiger partial charge in [0.25, 0.3) is 5.91 Å². The molecule has 2 aliphatic heterocycles. The number of hydrogen-bond acceptors (Lipinski definition) is 2. The minimum absolute atomic E-state index is 0.186. The second-order valence-electron chi connectivity index (χ2n) is 6.23. The lowest BCUT2D eigenvalue weighted by Gasteiger charge is -2.25. The molecule has 2 atom stereocenters. The van der Waals surface area contributed by atoms with Crippen molar-refractivity contribution >= 4 is 5.91 Å². The van der Waals surface area contributed by atoms with Crippen molar-refractivity contribution in [2.45, 2.75) is 37.8 Å². The van der Waals surface area contributed by atoms with Gasteiger partial charge in [0.15, 0.2) is 0 Å². The third-order valence-electron chi connectivity index (χ3n) is 4.97. The summed E-state index contributed by atoms with van der Waals surface area (Å²) in [5.74, 6) is 1.14. The zero-order valence-corrected chi connectivity index (χ0v) is 11.2. The van der Waals surface area contributed by atoms with Crippen LogP contribution in [0.3, 0.4) is 0 Å². The summed E-state index contributed by atoms with van der Waals surface area (Å²) in [5.41, 5.74) is 0.737. The first kappa shape index (κ1) is 11.5. The minimum atomic E-state index is 0.186. The van der Waals surface area contributed by atoms with Gasteiger partial charge in [0.1, 0.15) is 5.69 Å². The normalized spacial score (nSPS) is 30.8. The lowest BCUT2D eigenvalue weighted by atomic mass is 10.1. The summed E-state index contributed by atoms with van der Waals surface area (Å²) >= 11 is 0. The number of likely N-dealkylation sites (tertiary alicyclic amines) is 2. The number of H-pyrrole nitrogens is 1. The molecule has 3 heterocycles. The standard InChI is InChI=1S/C15H21N3O/c19-15(12-2-1-7-16-12)18-9-6-13-14(18)5-8-17(13)10-11-3-4-11/h1-2,7,11,13-14,16H,3-6,8-10H2/t13-,14+/m1/s1. The number of nitrogens with one attached hydrogen (secondary N) is 1. The maximum absolute atomic E-state index is 12.5. The van der Waals surface area contributed by atoms with E-state index in [1.165, 1.54) is 25.9 Å². The lowest BCUT2D eigenvalue weighted by molar-refractivity contribution is 0.0727. The van der Waals surface area contributed by atoms with E-state index in [9.17, 15) is 4.79 Å². The third-order valence-corrected chi connectivity index (χ3v) is 4.97. The van der Waals surface area contributed by atoms with E-state index in [1.807, 2.05) is 18.3 Å². The predicted molar refractivity (Wildman–Crippen MR) is 72.9 cm³/mol. The van der Waals surface area contributed by atoms with Crippen molar-refractivity contribution in [2.24, 2.45) is 5.92 Å². The Morgan fingerprint density at radius 2 is 2.05 bits per heavy atom. The van der Waals surface area contributed by atoms with Gasteiger partial charge < -0.3 is 9.88 Å². The van der Waals surface area contributed by atoms with Crippen LogP contribution in [0.15, 0.2) is 18.3 Å². The van der Waals surface area contributed by atoms with Gasteiger partial charge in [-0.15, -0.1) is 0 Å². The number of rotatable bonds is 3. The van der Waals surface area contributed by atoms with Crippen molar-refractivity contribution in [3.8, 4) is 0 Å². The van der Waals surface area contributed by atoms with Crippen LogP contribution in [-0.4, -0.2) is 52.4 Å². The number of fused-ring (bicyclic) bond motifs is 1. The van der Waals surface area contributed by atoms with Crippen LogP contribution in [0.25, 0.3) is 0 Å². The highest BCUT2D eigenvalue weighted by Gasteiger charge is 2.45. The molecule has 1 saturated carbocycles. The third kappa shape index (κ3) is 1.98. The molecular weight excluding hydrogens is 238 g/mol. The van der Waals surface area contributed by atoms with Crippen LogP contribution in [0, 0.1) is 5.92 Å². The van der Waals surface area contributed by atoms with E-state index in [4.69, 9.17) is 0 Å². The molecule has 0 bridgehead atoms. The van der Waals surface area contributed by atoms with Crippen molar-refractivity contribution in [3.05, 3.63) is 24.0 Å². The van der Waals surface area contributed by atoms with E-state index in [1.54, 1.807) is 0 Å². The van der Waals surface area contributed by atoms with Gasteiger partial charge in [-0.3, -0.25) is 9.69 Å². The van der Waals surface area contributed by atoms with Crippen LogP contribution in [0.4, 0.5) is 0 Å². The highest BCUT2D eigenvalue weighted by molar-refractivity contribution is 5.92. The van der Waals surface area contributed by atoms with E-state index in [0.717, 1.165) is 31.0 Å². The van der Waals surface area contributed by atoms with Gasteiger partial charge in [0, 0.05) is 37.9 Å². The average molecular weight is 259 g/mol. The number of carbonyl (C=O) groups excluding carboxylic acids is 1. The summed E-state index contributed by atoms with van der Waals surface area (Å²) in [7, 11) is 0. The zero-order valence-electron chi connectivity index (χ0n) is 11.2. The molecule has 1 aliphatic carbocycles. The molecule has 0 aromatic carbocycles. The highest BCUT2D eigenvalue weighted by Crippen LogP contribution is 2.37. The van der Waals surface area contributed by atoms with Gasteiger partial charge in [-0.05, 0) is 43.7 Å². The van der Waals surface area contributed by atoms with E-state index in [2.05, 4.69) is 14.8 Å². The minimum Gasteiger partial charge on any atom is -0.357 e. The number of nitrogens with zero attached hydrogens (tertiary/aromatic N) is 2. The molecule has 4 heteroatoms. The van der Waals surface area contributed by atoms with E-state index in [0.29, 0.717) is 12.1 Å². The molecule has 2 saturated heterocycles. The maximum atomic E-state index is 12.5. The van der Waals surface area contributed by atoms with Crippen LogP contribution in [-0.2, 0) is 0 Å². The van der Waals surface area contributed by atoms with E-state index in [-0.39, 0.29) is 5.91 Å². The number of aromatic amines is 1. The quantitative estimate of drug-likeness (QED) is 0.897. The Morgan fingerprint density at radius 3 is 2.79 bits per heavy atom. The number of aromatic nitrogens is 1. The molecule has 19 heavy (non-hydrogen) atoms. The van der Waals surface area contributed by atoms with Gasteiger partial charge in [0.05, 0.1) is 0 Å². The largest absolute Gasteiger partial charge is 0.357 e. The average Bonchev–Trinajstić information content (AvgIpc) is 2.87. The first-order chi connectivity index (χ1) is 9.33. The first-order valence-corrected chi connectivity index (χ1v) is 7.51. The van der Waals surface area contributed by atoms with Crippen molar-refractivity contribution in [2.75, 3.05) is 19.6 Å². The summed E-state index contributed by atoms with van der Waals surface area (Å²) in [6.45, 7) is 3.38. The summed E-state index contributed by atoms with van der Waals surface area (Å²) in [6, 6.07) is 4.86. The van der Waals surface area contributed by atoms with Gasteiger partial charge in [0.2, 0.25) is 0 Å². The fourth-order valence-electron chi connectivity index (χ4n) is 3.80. The molecular formula is C15H21N3O. The molecule has 0 unspecified atom stereocenters. The molecule has 1 N–H and O–H groups in total. The Hall–Kier alpha value is -1.29. The molecule has 1 amide bonds. The van der Waals surface area contributed by atoms with Gasteiger partial charge in [-0.1, -0.05) is 0 Å². The molecule has 4 nitrogen and oxygen atoms in total. The molecule has 4 rings (SSSR count). The molecule has 3 aliphatic rings. The van der Waals surface area contributed by atoms with Crippen molar-refractivity contribution in [1.29, 1.82) is 0 Å². The molecule has 3 fully saturated rings. The van der Waals surface area contributed by atoms with Crippen LogP contribution < -0.4 is 0 Å². The Balaban J connectivity index is 1.47. The molecule has 1 aromatic heterocycles. The van der Waals surface area contributed by atoms with Crippen LogP contribution in [0.5, 0.6) is 0 Å². The molecule has 1 aromatic rings. The second-order valence-corrected chi connectivity index (χ2v) is 6.23. The van der Waals surface area contributed by atoms with Crippen LogP contribution >= 0.6 is 0 Å². The summed E-state index contributed by atoms with van der Waals surface area (Å²) < 4.78 is 0. The topological polar surface area (TPSA) is 39.3 Å². The maximum Gasteiger partial charge on any atom is 0.270 e. The predicted octanol–water partition coefficient (Wildman–Crippen LogP) is 1.71. The summed E-state index contributed by atoms with van der Waals surface area (Å²) in [5, 5.41) is 0. The Morgan fingerprint density at radius 1 is 1.21 bits per heavy atom. The lowest BCUT2D eigenvalue weighted by Crippen LogP contribution is -2.40. The van der Waals surface area contributed by atoms with Crippen molar-refractivity contribution in [3.63, 3.8) is 0 Å². The smallest absolute Gasteiger partial charge is 0.270 e. The Kier molecular flexibility index (Phi) is 2.65. The zero-order chi connectivity index (χ0) is 12.8. The van der Waals surface area contributed by atoms with Gasteiger partial charge in [-0.2, -0.15) is 0 Å². The SMILES string of the molecule is O=C(c1ccc[nH]1)N1CC[C@@H]2[C@@H]1CCN2CC1CC1. The van der Waals surface area contributed by atoms with Gasteiger partial charge in [-0.25, -0.2) is 0 Å².